The number of benzene rings is 1. The molecule has 0 atom stereocenters. The molecule has 0 fully saturated rings. The molecule has 1 heterocycles. The average Bonchev–Trinajstić information content (AvgIpc) is 2.41. The average molecular weight is 294 g/mol. The lowest BCUT2D eigenvalue weighted by molar-refractivity contribution is 0.102. The van der Waals surface area contributed by atoms with Gasteiger partial charge in [-0.2, -0.15) is 5.26 Å². The number of nitrogens with zero attached hydrogens (tertiary/aromatic N) is 2. The Kier molecular flexibility index (Phi) is 3.91. The van der Waals surface area contributed by atoms with Crippen LogP contribution in [0.1, 0.15) is 15.9 Å². The van der Waals surface area contributed by atoms with Crippen LogP contribution < -0.4 is 5.32 Å². The summed E-state index contributed by atoms with van der Waals surface area (Å²) in [5.74, 6) is -2.29. The number of carbonyl (C=O) groups excluding carboxylic acids is 1. The fourth-order valence-electron chi connectivity index (χ4n) is 1.51. The van der Waals surface area contributed by atoms with E-state index in [9.17, 15) is 13.6 Å². The monoisotopic (exact) mass is 293 g/mol. The van der Waals surface area contributed by atoms with E-state index in [-0.39, 0.29) is 22.0 Å². The Balaban J connectivity index is 2.36. The van der Waals surface area contributed by atoms with E-state index in [0.29, 0.717) is 0 Å². The Labute approximate surface area is 117 Å². The Morgan fingerprint density at radius 2 is 2.15 bits per heavy atom. The molecule has 1 N–H and O–H groups in total. The first-order valence-electron chi connectivity index (χ1n) is 5.34. The number of hydrogen-bond acceptors (Lipinski definition) is 3. The predicted molar refractivity (Wildman–Crippen MR) is 68.3 cm³/mol. The van der Waals surface area contributed by atoms with Crippen LogP contribution in [-0.2, 0) is 0 Å². The van der Waals surface area contributed by atoms with Gasteiger partial charge in [0.1, 0.15) is 28.4 Å². The van der Waals surface area contributed by atoms with Crippen LogP contribution >= 0.6 is 11.6 Å². The highest BCUT2D eigenvalue weighted by atomic mass is 35.5. The summed E-state index contributed by atoms with van der Waals surface area (Å²) in [6.07, 6.45) is 0.863. The van der Waals surface area contributed by atoms with E-state index >= 15 is 0 Å². The molecule has 0 bridgehead atoms. The van der Waals surface area contributed by atoms with Crippen LogP contribution in [0.4, 0.5) is 14.5 Å². The van der Waals surface area contributed by atoms with Gasteiger partial charge in [-0.1, -0.05) is 17.7 Å². The standard InChI is InChI=1S/C13H6ClF2N3O/c14-12-8(4-7(15)6-18-12)13(20)19-11-3-1-2-10(16)9(11)5-17/h1-4,6H,(H,19,20). The van der Waals surface area contributed by atoms with Gasteiger partial charge in [0.2, 0.25) is 0 Å². The summed E-state index contributed by atoms with van der Waals surface area (Å²) in [4.78, 5) is 15.4. The van der Waals surface area contributed by atoms with Gasteiger partial charge in [-0.25, -0.2) is 13.8 Å². The molecular weight excluding hydrogens is 288 g/mol. The van der Waals surface area contributed by atoms with E-state index in [0.717, 1.165) is 18.3 Å². The van der Waals surface area contributed by atoms with Gasteiger partial charge in [0.05, 0.1) is 17.4 Å². The van der Waals surface area contributed by atoms with Crippen molar-refractivity contribution < 1.29 is 13.6 Å². The first-order valence-corrected chi connectivity index (χ1v) is 5.71. The normalized spacial score (nSPS) is 9.90. The number of rotatable bonds is 2. The van der Waals surface area contributed by atoms with Crippen molar-refractivity contribution in [1.82, 2.24) is 4.98 Å². The lowest BCUT2D eigenvalue weighted by Gasteiger charge is -2.08. The highest BCUT2D eigenvalue weighted by Crippen LogP contribution is 2.20. The number of carbonyl (C=O) groups is 1. The lowest BCUT2D eigenvalue weighted by atomic mass is 10.1. The molecule has 0 spiro atoms. The maximum atomic E-state index is 13.4. The fourth-order valence-corrected chi connectivity index (χ4v) is 1.70. The highest BCUT2D eigenvalue weighted by Gasteiger charge is 2.16. The molecule has 0 aliphatic heterocycles. The van der Waals surface area contributed by atoms with Crippen molar-refractivity contribution in [3.05, 3.63) is 58.4 Å². The second-order valence-corrected chi connectivity index (χ2v) is 4.08. The van der Waals surface area contributed by atoms with Gasteiger partial charge in [0.15, 0.2) is 0 Å². The zero-order valence-electron chi connectivity index (χ0n) is 9.82. The molecule has 7 heteroatoms. The second kappa shape index (κ2) is 5.63. The van der Waals surface area contributed by atoms with E-state index in [1.165, 1.54) is 12.1 Å². The first kappa shape index (κ1) is 13.9. The van der Waals surface area contributed by atoms with Crippen LogP contribution in [0.15, 0.2) is 30.5 Å². The van der Waals surface area contributed by atoms with E-state index < -0.39 is 17.5 Å². The fraction of sp³-hybridized carbons (Fsp3) is 0. The number of amides is 1. The van der Waals surface area contributed by atoms with Crippen LogP contribution in [0, 0.1) is 23.0 Å². The first-order chi connectivity index (χ1) is 9.52. The van der Waals surface area contributed by atoms with Gasteiger partial charge in [-0.05, 0) is 18.2 Å². The van der Waals surface area contributed by atoms with Crippen LogP contribution in [0.2, 0.25) is 5.15 Å². The maximum absolute atomic E-state index is 13.4. The summed E-state index contributed by atoms with van der Waals surface area (Å²) >= 11 is 5.68. The number of anilines is 1. The number of nitrogens with one attached hydrogen (secondary N) is 1. The second-order valence-electron chi connectivity index (χ2n) is 3.72. The molecule has 100 valence electrons. The van der Waals surface area contributed by atoms with E-state index in [2.05, 4.69) is 10.3 Å². The summed E-state index contributed by atoms with van der Waals surface area (Å²) < 4.78 is 26.4. The molecule has 0 unspecified atom stereocenters. The summed E-state index contributed by atoms with van der Waals surface area (Å²) in [7, 11) is 0. The summed E-state index contributed by atoms with van der Waals surface area (Å²) in [6, 6.07) is 6.30. The molecule has 20 heavy (non-hydrogen) atoms. The minimum absolute atomic E-state index is 0.0298. The van der Waals surface area contributed by atoms with Crippen molar-refractivity contribution >= 4 is 23.2 Å². The molecule has 2 rings (SSSR count). The van der Waals surface area contributed by atoms with Crippen molar-refractivity contribution in [2.75, 3.05) is 5.32 Å². The van der Waals surface area contributed by atoms with Gasteiger partial charge in [0, 0.05) is 0 Å². The third kappa shape index (κ3) is 2.73. The number of hydrogen-bond donors (Lipinski definition) is 1. The minimum Gasteiger partial charge on any atom is -0.321 e. The molecule has 1 aromatic carbocycles. The Morgan fingerprint density at radius 1 is 1.40 bits per heavy atom. The zero-order valence-corrected chi connectivity index (χ0v) is 10.6. The molecular formula is C13H6ClF2N3O. The minimum atomic E-state index is -0.788. The number of halogens is 3. The van der Waals surface area contributed by atoms with Gasteiger partial charge < -0.3 is 5.32 Å². The quantitative estimate of drug-likeness (QED) is 0.865. The molecule has 0 saturated carbocycles. The van der Waals surface area contributed by atoms with Crippen molar-refractivity contribution in [2.45, 2.75) is 0 Å². The van der Waals surface area contributed by atoms with Gasteiger partial charge in [-0.15, -0.1) is 0 Å². The molecule has 1 amide bonds. The lowest BCUT2D eigenvalue weighted by Crippen LogP contribution is -2.14. The molecule has 0 saturated heterocycles. The number of nitriles is 1. The van der Waals surface area contributed by atoms with Crippen molar-refractivity contribution in [2.24, 2.45) is 0 Å². The SMILES string of the molecule is N#Cc1c(F)cccc1NC(=O)c1cc(F)cnc1Cl. The van der Waals surface area contributed by atoms with Gasteiger partial charge in [0.25, 0.3) is 5.91 Å². The largest absolute Gasteiger partial charge is 0.321 e. The summed E-state index contributed by atoms with van der Waals surface area (Å²) in [5, 5.41) is 10.9. The molecule has 4 nitrogen and oxygen atoms in total. The van der Waals surface area contributed by atoms with Gasteiger partial charge >= 0.3 is 0 Å². The molecule has 1 aromatic heterocycles. The van der Waals surface area contributed by atoms with Crippen LogP contribution in [0.25, 0.3) is 0 Å². The Hall–Kier alpha value is -2.52. The molecule has 0 radical (unpaired) electrons. The van der Waals surface area contributed by atoms with Crippen LogP contribution in [0.3, 0.4) is 0 Å². The molecule has 2 aromatic rings. The van der Waals surface area contributed by atoms with Gasteiger partial charge in [-0.3, -0.25) is 4.79 Å². The summed E-state index contributed by atoms with van der Waals surface area (Å²) in [6.45, 7) is 0. The summed E-state index contributed by atoms with van der Waals surface area (Å²) in [5.41, 5.74) is -0.556. The predicted octanol–water partition coefficient (Wildman–Crippen LogP) is 3.14. The van der Waals surface area contributed by atoms with E-state index in [1.807, 2.05) is 0 Å². The topological polar surface area (TPSA) is 65.8 Å². The Bertz CT molecular complexity index is 728. The van der Waals surface area contributed by atoms with E-state index in [1.54, 1.807) is 6.07 Å². The van der Waals surface area contributed by atoms with Crippen LogP contribution in [0.5, 0.6) is 0 Å². The molecule has 0 aliphatic carbocycles. The Morgan fingerprint density at radius 3 is 2.85 bits per heavy atom. The van der Waals surface area contributed by atoms with Crippen molar-refractivity contribution in [1.29, 1.82) is 5.26 Å². The third-order valence-corrected chi connectivity index (χ3v) is 2.73. The van der Waals surface area contributed by atoms with Crippen molar-refractivity contribution in [3.8, 4) is 6.07 Å². The van der Waals surface area contributed by atoms with E-state index in [4.69, 9.17) is 16.9 Å². The molecule has 0 aliphatic rings. The number of pyridine rings is 1. The smallest absolute Gasteiger partial charge is 0.258 e. The third-order valence-electron chi connectivity index (χ3n) is 2.42. The van der Waals surface area contributed by atoms with Crippen molar-refractivity contribution in [3.63, 3.8) is 0 Å². The highest BCUT2D eigenvalue weighted by molar-refractivity contribution is 6.33. The van der Waals surface area contributed by atoms with Crippen LogP contribution in [-0.4, -0.2) is 10.9 Å². The zero-order chi connectivity index (χ0) is 14.7. The number of aromatic nitrogens is 1. The maximum Gasteiger partial charge on any atom is 0.258 e.